The summed E-state index contributed by atoms with van der Waals surface area (Å²) in [4.78, 5) is 2.31. The molecular formula is C17H32N2O2. The Hall–Kier alpha value is -0.160. The zero-order chi connectivity index (χ0) is 15.1. The second kappa shape index (κ2) is 5.80. The van der Waals surface area contributed by atoms with Crippen LogP contribution in [0.25, 0.3) is 0 Å². The van der Waals surface area contributed by atoms with Crippen LogP contribution in [0.15, 0.2) is 0 Å². The summed E-state index contributed by atoms with van der Waals surface area (Å²) in [7, 11) is 0. The molecule has 122 valence electrons. The molecule has 1 saturated heterocycles. The van der Waals surface area contributed by atoms with E-state index in [-0.39, 0.29) is 6.10 Å². The standard InChI is InChI=1S/C17H32N2O2/c1-16(2)13-4-5-17(3,10-13)15(16)18-11-14(20)12-19-6-8-21-9-7-19/h13-15,18,20H,4-12H2,1-3H3. The molecule has 1 aliphatic heterocycles. The number of rotatable bonds is 5. The molecule has 1 heterocycles. The number of morpholine rings is 1. The van der Waals surface area contributed by atoms with Gasteiger partial charge < -0.3 is 15.2 Å². The van der Waals surface area contributed by atoms with E-state index in [9.17, 15) is 5.11 Å². The third-order valence-corrected chi connectivity index (χ3v) is 6.40. The molecule has 3 fully saturated rings. The molecule has 0 aromatic rings. The van der Waals surface area contributed by atoms with Gasteiger partial charge in [-0.3, -0.25) is 4.90 Å². The van der Waals surface area contributed by atoms with E-state index in [1.54, 1.807) is 0 Å². The molecule has 3 aliphatic rings. The number of nitrogens with one attached hydrogen (secondary N) is 1. The molecule has 0 radical (unpaired) electrons. The fourth-order valence-electron chi connectivity index (χ4n) is 5.21. The van der Waals surface area contributed by atoms with Crippen molar-refractivity contribution < 1.29 is 9.84 Å². The average molecular weight is 296 g/mol. The minimum atomic E-state index is -0.276. The molecule has 2 N–H and O–H groups in total. The van der Waals surface area contributed by atoms with Crippen LogP contribution < -0.4 is 5.32 Å². The van der Waals surface area contributed by atoms with Crippen LogP contribution in [-0.4, -0.2) is 61.5 Å². The molecule has 2 bridgehead atoms. The molecule has 4 unspecified atom stereocenters. The first kappa shape index (κ1) is 15.7. The Balaban J connectivity index is 1.50. The van der Waals surface area contributed by atoms with Gasteiger partial charge in [-0.25, -0.2) is 0 Å². The molecule has 0 aromatic carbocycles. The van der Waals surface area contributed by atoms with Gasteiger partial charge in [0.15, 0.2) is 0 Å². The van der Waals surface area contributed by atoms with Crippen molar-refractivity contribution >= 4 is 0 Å². The minimum Gasteiger partial charge on any atom is -0.390 e. The Bertz CT molecular complexity index is 363. The van der Waals surface area contributed by atoms with Gasteiger partial charge in [0.25, 0.3) is 0 Å². The lowest BCUT2D eigenvalue weighted by Gasteiger charge is -2.43. The zero-order valence-corrected chi connectivity index (χ0v) is 13.9. The summed E-state index contributed by atoms with van der Waals surface area (Å²) in [5.74, 6) is 0.858. The number of hydrogen-bond acceptors (Lipinski definition) is 4. The molecular weight excluding hydrogens is 264 g/mol. The van der Waals surface area contributed by atoms with Crippen molar-refractivity contribution in [2.24, 2.45) is 16.7 Å². The molecule has 4 atom stereocenters. The molecule has 0 spiro atoms. The fraction of sp³-hybridized carbons (Fsp3) is 1.00. The molecule has 4 nitrogen and oxygen atoms in total. The predicted octanol–water partition coefficient (Wildman–Crippen LogP) is 1.48. The van der Waals surface area contributed by atoms with E-state index < -0.39 is 0 Å². The van der Waals surface area contributed by atoms with Gasteiger partial charge in [0.1, 0.15) is 0 Å². The van der Waals surface area contributed by atoms with E-state index in [0.717, 1.165) is 38.8 Å². The first-order valence-electron chi connectivity index (χ1n) is 8.63. The first-order chi connectivity index (χ1) is 9.92. The van der Waals surface area contributed by atoms with Crippen LogP contribution in [0.4, 0.5) is 0 Å². The van der Waals surface area contributed by atoms with Crippen LogP contribution in [0.3, 0.4) is 0 Å². The van der Waals surface area contributed by atoms with Gasteiger partial charge in [0.05, 0.1) is 19.3 Å². The Morgan fingerprint density at radius 3 is 2.62 bits per heavy atom. The number of nitrogens with zero attached hydrogens (tertiary/aromatic N) is 1. The highest BCUT2D eigenvalue weighted by Gasteiger charge is 2.58. The number of fused-ring (bicyclic) bond motifs is 2. The summed E-state index contributed by atoms with van der Waals surface area (Å²) in [5, 5.41) is 14.1. The lowest BCUT2D eigenvalue weighted by atomic mass is 9.68. The highest BCUT2D eigenvalue weighted by atomic mass is 16.5. The minimum absolute atomic E-state index is 0.276. The van der Waals surface area contributed by atoms with Crippen molar-refractivity contribution in [3.8, 4) is 0 Å². The Kier molecular flexibility index (Phi) is 4.34. The van der Waals surface area contributed by atoms with Gasteiger partial charge in [0, 0.05) is 32.2 Å². The topological polar surface area (TPSA) is 44.7 Å². The van der Waals surface area contributed by atoms with E-state index in [1.165, 1.54) is 19.3 Å². The largest absolute Gasteiger partial charge is 0.390 e. The SMILES string of the molecule is CC12CCC(C1)C(C)(C)C2NCC(O)CN1CCOCC1. The van der Waals surface area contributed by atoms with Crippen molar-refractivity contribution in [1.82, 2.24) is 10.2 Å². The molecule has 2 aliphatic carbocycles. The van der Waals surface area contributed by atoms with E-state index in [4.69, 9.17) is 4.74 Å². The molecule has 2 saturated carbocycles. The monoisotopic (exact) mass is 296 g/mol. The number of hydrogen-bond donors (Lipinski definition) is 2. The van der Waals surface area contributed by atoms with E-state index >= 15 is 0 Å². The summed E-state index contributed by atoms with van der Waals surface area (Å²) in [6.07, 6.45) is 3.81. The number of aliphatic hydroxyl groups is 1. The van der Waals surface area contributed by atoms with Gasteiger partial charge in [0.2, 0.25) is 0 Å². The second-order valence-corrected chi connectivity index (χ2v) is 8.32. The maximum atomic E-state index is 10.3. The summed E-state index contributed by atoms with van der Waals surface area (Å²) in [6, 6.07) is 0.545. The van der Waals surface area contributed by atoms with Crippen LogP contribution in [0, 0.1) is 16.7 Å². The molecule has 0 amide bonds. The zero-order valence-electron chi connectivity index (χ0n) is 13.9. The summed E-state index contributed by atoms with van der Waals surface area (Å²) < 4.78 is 5.36. The van der Waals surface area contributed by atoms with E-state index in [0.29, 0.717) is 23.4 Å². The van der Waals surface area contributed by atoms with Crippen LogP contribution >= 0.6 is 0 Å². The lowest BCUT2D eigenvalue weighted by molar-refractivity contribution is 0.0113. The quantitative estimate of drug-likeness (QED) is 0.807. The maximum absolute atomic E-state index is 10.3. The van der Waals surface area contributed by atoms with Crippen molar-refractivity contribution in [2.45, 2.75) is 52.2 Å². The second-order valence-electron chi connectivity index (χ2n) is 8.32. The lowest BCUT2D eigenvalue weighted by Crippen LogP contribution is -2.53. The highest BCUT2D eigenvalue weighted by molar-refractivity contribution is 5.12. The summed E-state index contributed by atoms with van der Waals surface area (Å²) in [6.45, 7) is 12.2. The van der Waals surface area contributed by atoms with Gasteiger partial charge in [-0.05, 0) is 36.0 Å². The first-order valence-corrected chi connectivity index (χ1v) is 8.63. The Labute approximate surface area is 129 Å². The average Bonchev–Trinajstić information content (AvgIpc) is 2.90. The maximum Gasteiger partial charge on any atom is 0.0791 e. The van der Waals surface area contributed by atoms with Crippen molar-refractivity contribution in [3.63, 3.8) is 0 Å². The number of aliphatic hydroxyl groups excluding tert-OH is 1. The summed E-state index contributed by atoms with van der Waals surface area (Å²) >= 11 is 0. The van der Waals surface area contributed by atoms with Crippen molar-refractivity contribution in [1.29, 1.82) is 0 Å². The van der Waals surface area contributed by atoms with Gasteiger partial charge in [-0.2, -0.15) is 0 Å². The normalized spacial score (nSPS) is 40.6. The Morgan fingerprint density at radius 1 is 1.29 bits per heavy atom. The third kappa shape index (κ3) is 3.00. The third-order valence-electron chi connectivity index (χ3n) is 6.40. The van der Waals surface area contributed by atoms with Crippen molar-refractivity contribution in [3.05, 3.63) is 0 Å². The van der Waals surface area contributed by atoms with Crippen LogP contribution in [0.2, 0.25) is 0 Å². The summed E-state index contributed by atoms with van der Waals surface area (Å²) in [5.41, 5.74) is 0.804. The molecule has 3 rings (SSSR count). The Morgan fingerprint density at radius 2 is 2.00 bits per heavy atom. The van der Waals surface area contributed by atoms with Crippen molar-refractivity contribution in [2.75, 3.05) is 39.4 Å². The predicted molar refractivity (Wildman–Crippen MR) is 84.3 cm³/mol. The number of ether oxygens (including phenoxy) is 1. The van der Waals surface area contributed by atoms with E-state index in [2.05, 4.69) is 31.0 Å². The van der Waals surface area contributed by atoms with Gasteiger partial charge >= 0.3 is 0 Å². The van der Waals surface area contributed by atoms with Crippen LogP contribution in [-0.2, 0) is 4.74 Å². The molecule has 21 heavy (non-hydrogen) atoms. The van der Waals surface area contributed by atoms with Gasteiger partial charge in [-0.15, -0.1) is 0 Å². The van der Waals surface area contributed by atoms with E-state index in [1.807, 2.05) is 0 Å². The van der Waals surface area contributed by atoms with Crippen LogP contribution in [0.5, 0.6) is 0 Å². The van der Waals surface area contributed by atoms with Crippen LogP contribution in [0.1, 0.15) is 40.0 Å². The fourth-order valence-corrected chi connectivity index (χ4v) is 5.21. The highest BCUT2D eigenvalue weighted by Crippen LogP contribution is 2.62. The molecule has 4 heteroatoms. The number of β-amino-alcohol motifs (C(OH)–C–C–N with tert-alkyl or cyclic N) is 1. The smallest absolute Gasteiger partial charge is 0.0791 e. The molecule has 0 aromatic heterocycles. The van der Waals surface area contributed by atoms with Gasteiger partial charge in [-0.1, -0.05) is 20.8 Å².